The van der Waals surface area contributed by atoms with Crippen molar-refractivity contribution in [3.05, 3.63) is 24.3 Å². The lowest BCUT2D eigenvalue weighted by Crippen LogP contribution is -2.34. The summed E-state index contributed by atoms with van der Waals surface area (Å²) in [4.78, 5) is 16.4. The summed E-state index contributed by atoms with van der Waals surface area (Å²) in [6, 6.07) is 0.554. The van der Waals surface area contributed by atoms with Gasteiger partial charge in [0, 0.05) is 44.3 Å². The van der Waals surface area contributed by atoms with Gasteiger partial charge in [0.2, 0.25) is 0 Å². The average Bonchev–Trinajstić information content (AvgIpc) is 3.27. The molecule has 2 aromatic heterocycles. The van der Waals surface area contributed by atoms with Gasteiger partial charge < -0.3 is 15.2 Å². The van der Waals surface area contributed by atoms with Crippen LogP contribution < -0.4 is 10.6 Å². The zero-order valence-electron chi connectivity index (χ0n) is 14.5. The Kier molecular flexibility index (Phi) is 6.46. The summed E-state index contributed by atoms with van der Waals surface area (Å²) in [6.07, 6.45) is 10.2. The van der Waals surface area contributed by atoms with E-state index in [1.165, 1.54) is 19.3 Å². The van der Waals surface area contributed by atoms with E-state index in [1.807, 2.05) is 17.8 Å². The van der Waals surface area contributed by atoms with Crippen molar-refractivity contribution in [2.24, 2.45) is 7.05 Å². The summed E-state index contributed by atoms with van der Waals surface area (Å²) in [5.41, 5.74) is 0.374. The highest BCUT2D eigenvalue weighted by molar-refractivity contribution is 7.99. The minimum absolute atomic E-state index is 0.178. The van der Waals surface area contributed by atoms with Crippen LogP contribution in [0.4, 0.5) is 0 Å². The first-order valence-corrected chi connectivity index (χ1v) is 9.73. The number of imidazole rings is 1. The molecule has 1 fully saturated rings. The molecule has 0 bridgehead atoms. The van der Waals surface area contributed by atoms with Crippen LogP contribution in [0.5, 0.6) is 0 Å². The number of aryl methyl sites for hydroxylation is 2. The molecule has 1 saturated heterocycles. The molecule has 9 heteroatoms. The predicted molar refractivity (Wildman–Crippen MR) is 96.5 cm³/mol. The lowest BCUT2D eigenvalue weighted by atomic mass is 10.0. The quantitative estimate of drug-likeness (QED) is 0.539. The van der Waals surface area contributed by atoms with Gasteiger partial charge in [-0.25, -0.2) is 4.98 Å². The molecule has 8 nitrogen and oxygen atoms in total. The minimum atomic E-state index is -0.178. The molecule has 3 heterocycles. The third-order valence-electron chi connectivity index (χ3n) is 4.29. The summed E-state index contributed by atoms with van der Waals surface area (Å²) in [5, 5.41) is 15.4. The largest absolute Gasteiger partial charge is 0.350 e. The first-order chi connectivity index (χ1) is 12.2. The second-order valence-corrected chi connectivity index (χ2v) is 7.29. The van der Waals surface area contributed by atoms with Gasteiger partial charge in [-0.3, -0.25) is 9.48 Å². The molecule has 2 aromatic rings. The molecule has 25 heavy (non-hydrogen) atoms. The van der Waals surface area contributed by atoms with Crippen molar-refractivity contribution >= 4 is 17.7 Å². The fourth-order valence-electron chi connectivity index (χ4n) is 2.86. The van der Waals surface area contributed by atoms with E-state index in [4.69, 9.17) is 0 Å². The molecule has 3 rings (SSSR count). The van der Waals surface area contributed by atoms with Gasteiger partial charge in [-0.15, -0.1) is 5.10 Å². The van der Waals surface area contributed by atoms with Gasteiger partial charge in [-0.05, 0) is 25.8 Å². The second kappa shape index (κ2) is 9.00. The summed E-state index contributed by atoms with van der Waals surface area (Å²) in [7, 11) is 1.95. The van der Waals surface area contributed by atoms with Gasteiger partial charge >= 0.3 is 0 Å². The maximum Gasteiger partial charge on any atom is 0.273 e. The summed E-state index contributed by atoms with van der Waals surface area (Å²) in [6.45, 7) is 2.45. The second-order valence-electron chi connectivity index (χ2n) is 6.23. The maximum atomic E-state index is 12.1. The molecular formula is C16H25N7OS. The molecule has 1 aliphatic rings. The summed E-state index contributed by atoms with van der Waals surface area (Å²) in [5.74, 6) is 0.584. The molecule has 1 amide bonds. The molecule has 0 saturated carbocycles. The molecule has 0 radical (unpaired) electrons. The average molecular weight is 363 g/mol. The van der Waals surface area contributed by atoms with Crippen molar-refractivity contribution in [1.29, 1.82) is 0 Å². The van der Waals surface area contributed by atoms with Gasteiger partial charge in [-0.2, -0.15) is 0 Å². The van der Waals surface area contributed by atoms with Gasteiger partial charge in [0.15, 0.2) is 10.9 Å². The van der Waals surface area contributed by atoms with E-state index < -0.39 is 0 Å². The fraction of sp³-hybridized carbons (Fsp3) is 0.625. The molecule has 0 spiro atoms. The van der Waals surface area contributed by atoms with Gasteiger partial charge in [-0.1, -0.05) is 23.4 Å². The Labute approximate surface area is 151 Å². The monoisotopic (exact) mass is 363 g/mol. The van der Waals surface area contributed by atoms with Gasteiger partial charge in [0.1, 0.15) is 0 Å². The molecule has 0 aliphatic carbocycles. The van der Waals surface area contributed by atoms with E-state index in [1.54, 1.807) is 28.8 Å². The van der Waals surface area contributed by atoms with Crippen molar-refractivity contribution in [2.75, 3.05) is 18.8 Å². The van der Waals surface area contributed by atoms with Crippen LogP contribution in [0.2, 0.25) is 0 Å². The Morgan fingerprint density at radius 3 is 3.16 bits per heavy atom. The highest BCUT2D eigenvalue weighted by Gasteiger charge is 2.14. The van der Waals surface area contributed by atoms with Crippen LogP contribution in [0.1, 0.15) is 36.2 Å². The number of piperidine rings is 1. The highest BCUT2D eigenvalue weighted by atomic mass is 32.2. The third-order valence-corrected chi connectivity index (χ3v) is 5.35. The number of nitrogens with zero attached hydrogens (tertiary/aromatic N) is 5. The van der Waals surface area contributed by atoms with Crippen molar-refractivity contribution in [1.82, 2.24) is 35.2 Å². The molecular weight excluding hydrogens is 338 g/mol. The normalized spacial score (nSPS) is 17.6. The van der Waals surface area contributed by atoms with Crippen LogP contribution in [-0.2, 0) is 13.6 Å². The predicted octanol–water partition coefficient (Wildman–Crippen LogP) is 1.07. The molecule has 0 aromatic carbocycles. The Morgan fingerprint density at radius 1 is 1.48 bits per heavy atom. The van der Waals surface area contributed by atoms with Crippen LogP contribution in [0.3, 0.4) is 0 Å². The van der Waals surface area contributed by atoms with E-state index in [0.717, 1.165) is 30.4 Å². The highest BCUT2D eigenvalue weighted by Crippen LogP contribution is 2.13. The number of nitrogens with one attached hydrogen (secondary N) is 2. The topological polar surface area (TPSA) is 89.7 Å². The van der Waals surface area contributed by atoms with Crippen LogP contribution in [0.15, 0.2) is 23.7 Å². The van der Waals surface area contributed by atoms with Crippen molar-refractivity contribution < 1.29 is 4.79 Å². The Morgan fingerprint density at radius 2 is 2.40 bits per heavy atom. The first-order valence-electron chi connectivity index (χ1n) is 8.74. The minimum Gasteiger partial charge on any atom is -0.350 e. The van der Waals surface area contributed by atoms with E-state index in [-0.39, 0.29) is 5.91 Å². The Hall–Kier alpha value is -1.87. The van der Waals surface area contributed by atoms with Gasteiger partial charge in [0.05, 0.1) is 6.20 Å². The van der Waals surface area contributed by atoms with E-state index in [0.29, 0.717) is 18.3 Å². The summed E-state index contributed by atoms with van der Waals surface area (Å²) >= 11 is 1.61. The van der Waals surface area contributed by atoms with E-state index in [9.17, 15) is 4.79 Å². The standard InChI is InChI=1S/C16H25N7OS/c1-22-10-7-19-16(22)25-11-8-18-15(24)14-12-23(21-20-14)9-5-13-4-2-3-6-17-13/h7,10,12-13,17H,2-6,8-9,11H2,1H3,(H,18,24)/t13-/m1/s1. The lowest BCUT2D eigenvalue weighted by Gasteiger charge is -2.23. The van der Waals surface area contributed by atoms with Crippen LogP contribution in [0, 0.1) is 0 Å². The van der Waals surface area contributed by atoms with E-state index >= 15 is 0 Å². The molecule has 0 unspecified atom stereocenters. The number of hydrogen-bond donors (Lipinski definition) is 2. The number of thioether (sulfide) groups is 1. The first kappa shape index (κ1) is 17.9. The van der Waals surface area contributed by atoms with Crippen LogP contribution >= 0.6 is 11.8 Å². The van der Waals surface area contributed by atoms with Crippen molar-refractivity contribution in [2.45, 2.75) is 43.4 Å². The Bertz CT molecular complexity index is 678. The lowest BCUT2D eigenvalue weighted by molar-refractivity contribution is 0.0951. The summed E-state index contributed by atoms with van der Waals surface area (Å²) < 4.78 is 3.72. The maximum absolute atomic E-state index is 12.1. The van der Waals surface area contributed by atoms with Crippen molar-refractivity contribution in [3.8, 4) is 0 Å². The molecule has 136 valence electrons. The third kappa shape index (κ3) is 5.30. The Balaban J connectivity index is 1.37. The molecule has 1 aliphatic heterocycles. The molecule has 1 atom stereocenters. The zero-order valence-corrected chi connectivity index (χ0v) is 15.3. The number of carbonyl (C=O) groups excluding carboxylic acids is 1. The van der Waals surface area contributed by atoms with Crippen LogP contribution in [-0.4, -0.2) is 55.3 Å². The zero-order chi connectivity index (χ0) is 17.5. The number of carbonyl (C=O) groups is 1. The fourth-order valence-corrected chi connectivity index (χ4v) is 3.65. The SMILES string of the molecule is Cn1ccnc1SCCNC(=O)c1cn(CC[C@H]2CCCCN2)nn1. The van der Waals surface area contributed by atoms with E-state index in [2.05, 4.69) is 25.9 Å². The van der Waals surface area contributed by atoms with Gasteiger partial charge in [0.25, 0.3) is 5.91 Å². The smallest absolute Gasteiger partial charge is 0.273 e. The van der Waals surface area contributed by atoms with Crippen molar-refractivity contribution in [3.63, 3.8) is 0 Å². The van der Waals surface area contributed by atoms with Crippen LogP contribution in [0.25, 0.3) is 0 Å². The number of hydrogen-bond acceptors (Lipinski definition) is 6. The number of rotatable bonds is 8. The number of amides is 1. The number of aromatic nitrogens is 5. The molecule has 2 N–H and O–H groups in total.